The van der Waals surface area contributed by atoms with E-state index in [0.717, 1.165) is 16.9 Å². The van der Waals surface area contributed by atoms with Crippen LogP contribution in [0.3, 0.4) is 0 Å². The second-order valence-corrected chi connectivity index (χ2v) is 4.05. The zero-order valence-corrected chi connectivity index (χ0v) is 10.2. The van der Waals surface area contributed by atoms with E-state index in [1.807, 2.05) is 32.0 Å². The van der Waals surface area contributed by atoms with Crippen molar-refractivity contribution in [3.63, 3.8) is 0 Å². The standard InChI is InChI=1S/C13H13NO4/c1-9-3-4-10(2)12(7-9)17-8-11-5-6-13(18-11)14(15)16/h3-7H,8H2,1-2H3. The second-order valence-electron chi connectivity index (χ2n) is 4.05. The largest absolute Gasteiger partial charge is 0.485 e. The fraction of sp³-hybridized carbons (Fsp3) is 0.231. The molecule has 0 aliphatic carbocycles. The highest BCUT2D eigenvalue weighted by Gasteiger charge is 2.12. The molecule has 0 spiro atoms. The van der Waals surface area contributed by atoms with E-state index in [2.05, 4.69) is 0 Å². The van der Waals surface area contributed by atoms with Crippen LogP contribution in [0, 0.1) is 24.0 Å². The SMILES string of the molecule is Cc1ccc(C)c(OCc2ccc([N+](=O)[O-])o2)c1. The normalized spacial score (nSPS) is 10.3. The van der Waals surface area contributed by atoms with Crippen molar-refractivity contribution < 1.29 is 14.1 Å². The number of hydrogen-bond acceptors (Lipinski definition) is 4. The van der Waals surface area contributed by atoms with Gasteiger partial charge in [-0.25, -0.2) is 0 Å². The van der Waals surface area contributed by atoms with Crippen LogP contribution >= 0.6 is 0 Å². The van der Waals surface area contributed by atoms with Crippen LogP contribution in [0.2, 0.25) is 0 Å². The van der Waals surface area contributed by atoms with Gasteiger partial charge < -0.3 is 9.15 Å². The van der Waals surface area contributed by atoms with Crippen LogP contribution in [0.1, 0.15) is 16.9 Å². The molecule has 0 aliphatic rings. The quantitative estimate of drug-likeness (QED) is 0.613. The van der Waals surface area contributed by atoms with E-state index >= 15 is 0 Å². The number of rotatable bonds is 4. The molecule has 1 aromatic heterocycles. The minimum absolute atomic E-state index is 0.179. The molecule has 0 saturated heterocycles. The first-order chi connectivity index (χ1) is 8.56. The molecular weight excluding hydrogens is 234 g/mol. The Kier molecular flexibility index (Phi) is 3.32. The molecule has 94 valence electrons. The molecule has 2 rings (SSSR count). The number of furan rings is 1. The van der Waals surface area contributed by atoms with Crippen LogP contribution in [0.5, 0.6) is 5.75 Å². The molecule has 0 saturated carbocycles. The van der Waals surface area contributed by atoms with E-state index in [-0.39, 0.29) is 12.5 Å². The topological polar surface area (TPSA) is 65.5 Å². The third kappa shape index (κ3) is 2.68. The molecule has 0 unspecified atom stereocenters. The van der Waals surface area contributed by atoms with Crippen molar-refractivity contribution in [2.45, 2.75) is 20.5 Å². The molecule has 0 atom stereocenters. The molecule has 0 amide bonds. The highest BCUT2D eigenvalue weighted by Crippen LogP contribution is 2.22. The fourth-order valence-corrected chi connectivity index (χ4v) is 1.55. The number of benzene rings is 1. The molecule has 1 heterocycles. The first-order valence-electron chi connectivity index (χ1n) is 5.49. The number of nitrogens with zero attached hydrogens (tertiary/aromatic N) is 1. The van der Waals surface area contributed by atoms with Crippen molar-refractivity contribution in [3.8, 4) is 5.75 Å². The Morgan fingerprint density at radius 1 is 1.28 bits per heavy atom. The van der Waals surface area contributed by atoms with Gasteiger partial charge in [-0.2, -0.15) is 0 Å². The third-order valence-corrected chi connectivity index (χ3v) is 2.54. The minimum Gasteiger partial charge on any atom is -0.485 e. The number of aryl methyl sites for hydroxylation is 2. The minimum atomic E-state index is -0.568. The van der Waals surface area contributed by atoms with E-state index in [1.165, 1.54) is 6.07 Å². The van der Waals surface area contributed by atoms with Gasteiger partial charge in [0.2, 0.25) is 0 Å². The van der Waals surface area contributed by atoms with Crippen molar-refractivity contribution in [1.29, 1.82) is 0 Å². The van der Waals surface area contributed by atoms with Gasteiger partial charge in [-0.05, 0) is 37.1 Å². The Morgan fingerprint density at radius 3 is 2.72 bits per heavy atom. The summed E-state index contributed by atoms with van der Waals surface area (Å²) >= 11 is 0. The highest BCUT2D eigenvalue weighted by molar-refractivity contribution is 5.36. The van der Waals surface area contributed by atoms with Crippen LogP contribution in [0.4, 0.5) is 5.88 Å². The predicted octanol–water partition coefficient (Wildman–Crippen LogP) is 3.38. The molecule has 0 aliphatic heterocycles. The van der Waals surface area contributed by atoms with Crippen LogP contribution < -0.4 is 4.74 Å². The van der Waals surface area contributed by atoms with Gasteiger partial charge >= 0.3 is 5.88 Å². The molecule has 2 aromatic rings. The zero-order chi connectivity index (χ0) is 13.1. The molecule has 5 heteroatoms. The maximum Gasteiger partial charge on any atom is 0.433 e. The van der Waals surface area contributed by atoms with Gasteiger partial charge in [0, 0.05) is 0 Å². The van der Waals surface area contributed by atoms with Crippen LogP contribution in [0.25, 0.3) is 0 Å². The smallest absolute Gasteiger partial charge is 0.433 e. The summed E-state index contributed by atoms with van der Waals surface area (Å²) in [4.78, 5) is 9.89. The van der Waals surface area contributed by atoms with Crippen molar-refractivity contribution in [2.24, 2.45) is 0 Å². The second kappa shape index (κ2) is 4.91. The summed E-state index contributed by atoms with van der Waals surface area (Å²) in [6.45, 7) is 4.10. The number of ether oxygens (including phenoxy) is 1. The maximum atomic E-state index is 10.5. The fourth-order valence-electron chi connectivity index (χ4n) is 1.55. The monoisotopic (exact) mass is 247 g/mol. The third-order valence-electron chi connectivity index (χ3n) is 2.54. The molecule has 18 heavy (non-hydrogen) atoms. The Morgan fingerprint density at radius 2 is 2.06 bits per heavy atom. The molecule has 0 fully saturated rings. The van der Waals surface area contributed by atoms with E-state index in [4.69, 9.17) is 9.15 Å². The Hall–Kier alpha value is -2.30. The van der Waals surface area contributed by atoms with Crippen molar-refractivity contribution in [2.75, 3.05) is 0 Å². The molecule has 1 aromatic carbocycles. The van der Waals surface area contributed by atoms with Crippen LogP contribution in [-0.2, 0) is 6.61 Å². The number of hydrogen-bond donors (Lipinski definition) is 0. The van der Waals surface area contributed by atoms with Gasteiger partial charge in [0.1, 0.15) is 23.0 Å². The van der Waals surface area contributed by atoms with Crippen LogP contribution in [0.15, 0.2) is 34.7 Å². The van der Waals surface area contributed by atoms with Gasteiger partial charge in [-0.15, -0.1) is 0 Å². The molecule has 5 nitrogen and oxygen atoms in total. The number of nitro groups is 1. The zero-order valence-electron chi connectivity index (χ0n) is 10.2. The summed E-state index contributed by atoms with van der Waals surface area (Å²) < 4.78 is 10.6. The predicted molar refractivity (Wildman–Crippen MR) is 65.6 cm³/mol. The lowest BCUT2D eigenvalue weighted by Crippen LogP contribution is -1.96. The van der Waals surface area contributed by atoms with Gasteiger partial charge in [0.05, 0.1) is 6.07 Å². The summed E-state index contributed by atoms with van der Waals surface area (Å²) in [5, 5.41) is 10.5. The van der Waals surface area contributed by atoms with E-state index in [9.17, 15) is 10.1 Å². The summed E-state index contributed by atoms with van der Waals surface area (Å²) in [5.74, 6) is 0.922. The lowest BCUT2D eigenvalue weighted by atomic mass is 10.1. The molecule has 0 N–H and O–H groups in total. The summed E-state index contributed by atoms with van der Waals surface area (Å²) in [6, 6.07) is 8.76. The first-order valence-corrected chi connectivity index (χ1v) is 5.49. The summed E-state index contributed by atoms with van der Waals surface area (Å²) in [6.07, 6.45) is 0. The average Bonchev–Trinajstić information content (AvgIpc) is 2.79. The maximum absolute atomic E-state index is 10.5. The van der Waals surface area contributed by atoms with Gasteiger partial charge in [0.15, 0.2) is 0 Å². The first kappa shape index (κ1) is 12.2. The highest BCUT2D eigenvalue weighted by atomic mass is 16.6. The summed E-state index contributed by atoms with van der Waals surface area (Å²) in [5.41, 5.74) is 2.11. The van der Waals surface area contributed by atoms with Crippen molar-refractivity contribution in [3.05, 3.63) is 57.3 Å². The molecular formula is C13H13NO4. The molecule has 0 radical (unpaired) electrons. The van der Waals surface area contributed by atoms with Crippen LogP contribution in [-0.4, -0.2) is 4.92 Å². The van der Waals surface area contributed by atoms with Crippen molar-refractivity contribution in [1.82, 2.24) is 0 Å². The Bertz CT molecular complexity index is 574. The van der Waals surface area contributed by atoms with E-state index in [1.54, 1.807) is 6.07 Å². The van der Waals surface area contributed by atoms with E-state index in [0.29, 0.717) is 5.76 Å². The Labute approximate surface area is 104 Å². The van der Waals surface area contributed by atoms with Crippen molar-refractivity contribution >= 4 is 5.88 Å². The van der Waals surface area contributed by atoms with Gasteiger partial charge in [-0.3, -0.25) is 10.1 Å². The van der Waals surface area contributed by atoms with Gasteiger partial charge in [-0.1, -0.05) is 12.1 Å². The lowest BCUT2D eigenvalue weighted by molar-refractivity contribution is -0.402. The molecule has 0 bridgehead atoms. The Balaban J connectivity index is 2.06. The summed E-state index contributed by atoms with van der Waals surface area (Å²) in [7, 11) is 0. The lowest BCUT2D eigenvalue weighted by Gasteiger charge is -2.08. The van der Waals surface area contributed by atoms with E-state index < -0.39 is 4.92 Å². The average molecular weight is 247 g/mol. The van der Waals surface area contributed by atoms with Gasteiger partial charge in [0.25, 0.3) is 0 Å².